The standard InChI is InChI=1S/C22H20F2N4O3/c1-28-17-9-15(6-7-18(17)31-21(28)30)14-4-2-13(3-5-14)8-16(10-25)27-20(29)22(19(23)24)11-26-12-22/h2-7,9,16,19,26H,8,11-12H2,1H3,(H,27,29). The number of hydrogen-bond acceptors (Lipinski definition) is 5. The number of hydrogen-bond donors (Lipinski definition) is 2. The van der Waals surface area contributed by atoms with E-state index >= 15 is 0 Å². The van der Waals surface area contributed by atoms with Crippen molar-refractivity contribution in [2.45, 2.75) is 18.9 Å². The van der Waals surface area contributed by atoms with Gasteiger partial charge in [-0.15, -0.1) is 0 Å². The van der Waals surface area contributed by atoms with Crippen LogP contribution in [-0.4, -0.2) is 36.0 Å². The van der Waals surface area contributed by atoms with Gasteiger partial charge in [-0.3, -0.25) is 9.36 Å². The fraction of sp³-hybridized carbons (Fsp3) is 0.318. The number of aromatic nitrogens is 1. The van der Waals surface area contributed by atoms with E-state index in [1.807, 2.05) is 42.5 Å². The molecule has 3 aromatic rings. The van der Waals surface area contributed by atoms with E-state index in [0.717, 1.165) is 16.7 Å². The molecule has 160 valence electrons. The summed E-state index contributed by atoms with van der Waals surface area (Å²) in [6, 6.07) is 13.9. The molecular weight excluding hydrogens is 406 g/mol. The maximum Gasteiger partial charge on any atom is 0.419 e. The summed E-state index contributed by atoms with van der Waals surface area (Å²) >= 11 is 0. The summed E-state index contributed by atoms with van der Waals surface area (Å²) in [7, 11) is 1.63. The van der Waals surface area contributed by atoms with Gasteiger partial charge in [-0.05, 0) is 28.8 Å². The van der Waals surface area contributed by atoms with Crippen LogP contribution in [0, 0.1) is 16.7 Å². The van der Waals surface area contributed by atoms with Gasteiger partial charge in [-0.1, -0.05) is 30.3 Å². The number of oxazole rings is 1. The zero-order valence-electron chi connectivity index (χ0n) is 16.7. The van der Waals surface area contributed by atoms with Gasteiger partial charge in [-0.2, -0.15) is 5.26 Å². The number of amides is 1. The Bertz CT molecular complexity index is 1220. The van der Waals surface area contributed by atoms with E-state index in [2.05, 4.69) is 10.6 Å². The van der Waals surface area contributed by atoms with Gasteiger partial charge in [0.25, 0.3) is 6.43 Å². The van der Waals surface area contributed by atoms with E-state index in [0.29, 0.717) is 11.1 Å². The molecule has 2 heterocycles. The Morgan fingerprint density at radius 1 is 1.26 bits per heavy atom. The summed E-state index contributed by atoms with van der Waals surface area (Å²) in [5.41, 5.74) is 1.99. The van der Waals surface area contributed by atoms with E-state index in [1.54, 1.807) is 13.1 Å². The number of nitrogens with zero attached hydrogens (tertiary/aromatic N) is 2. The van der Waals surface area contributed by atoms with Gasteiger partial charge in [0, 0.05) is 26.6 Å². The first-order chi connectivity index (χ1) is 14.8. The van der Waals surface area contributed by atoms with Gasteiger partial charge in [0.05, 0.1) is 11.6 Å². The van der Waals surface area contributed by atoms with Crippen molar-refractivity contribution in [2.75, 3.05) is 13.1 Å². The number of halogens is 2. The lowest BCUT2D eigenvalue weighted by Gasteiger charge is -2.40. The average Bonchev–Trinajstić information content (AvgIpc) is 3.00. The van der Waals surface area contributed by atoms with Crippen molar-refractivity contribution in [1.82, 2.24) is 15.2 Å². The SMILES string of the molecule is Cn1c(=O)oc2ccc(-c3ccc(CC(C#N)NC(=O)C4(C(F)F)CNC4)cc3)cc21. The fourth-order valence-corrected chi connectivity index (χ4v) is 3.61. The van der Waals surface area contributed by atoms with Crippen molar-refractivity contribution in [2.24, 2.45) is 12.5 Å². The smallest absolute Gasteiger partial charge is 0.408 e. The highest BCUT2D eigenvalue weighted by Crippen LogP contribution is 2.31. The first-order valence-corrected chi connectivity index (χ1v) is 9.72. The number of carbonyl (C=O) groups is 1. The minimum Gasteiger partial charge on any atom is -0.408 e. The highest BCUT2D eigenvalue weighted by molar-refractivity contribution is 5.85. The molecular formula is C22H20F2N4O3. The topological polar surface area (TPSA) is 100 Å². The molecule has 31 heavy (non-hydrogen) atoms. The molecule has 1 saturated heterocycles. The summed E-state index contributed by atoms with van der Waals surface area (Å²) in [4.78, 5) is 24.0. The second kappa shape index (κ2) is 7.96. The molecule has 0 spiro atoms. The predicted molar refractivity (Wildman–Crippen MR) is 109 cm³/mol. The Morgan fingerprint density at radius 3 is 2.52 bits per heavy atom. The van der Waals surface area contributed by atoms with E-state index in [-0.39, 0.29) is 19.5 Å². The van der Waals surface area contributed by atoms with E-state index in [4.69, 9.17) is 4.42 Å². The van der Waals surface area contributed by atoms with Crippen molar-refractivity contribution in [3.8, 4) is 17.2 Å². The molecule has 1 aliphatic heterocycles. The highest BCUT2D eigenvalue weighted by Gasteiger charge is 2.52. The van der Waals surface area contributed by atoms with Crippen LogP contribution >= 0.6 is 0 Å². The lowest BCUT2D eigenvalue weighted by Crippen LogP contribution is -2.66. The Morgan fingerprint density at radius 2 is 1.94 bits per heavy atom. The first kappa shape index (κ1) is 20.8. The zero-order valence-corrected chi connectivity index (χ0v) is 16.7. The van der Waals surface area contributed by atoms with Gasteiger partial charge in [0.2, 0.25) is 5.91 Å². The van der Waals surface area contributed by atoms with Gasteiger partial charge in [-0.25, -0.2) is 13.6 Å². The van der Waals surface area contributed by atoms with Crippen LogP contribution in [0.5, 0.6) is 0 Å². The van der Waals surface area contributed by atoms with Crippen molar-refractivity contribution in [3.05, 3.63) is 58.6 Å². The lowest BCUT2D eigenvalue weighted by molar-refractivity contribution is -0.146. The maximum absolute atomic E-state index is 13.3. The van der Waals surface area contributed by atoms with Crippen LogP contribution in [0.25, 0.3) is 22.2 Å². The lowest BCUT2D eigenvalue weighted by atomic mass is 9.81. The number of fused-ring (bicyclic) bond motifs is 1. The number of nitrogens with one attached hydrogen (secondary N) is 2. The molecule has 1 atom stereocenters. The molecule has 0 aliphatic carbocycles. The third-order valence-corrected chi connectivity index (χ3v) is 5.73. The second-order valence-electron chi connectivity index (χ2n) is 7.73. The largest absolute Gasteiger partial charge is 0.419 e. The number of aryl methyl sites for hydroxylation is 1. The zero-order chi connectivity index (χ0) is 22.2. The molecule has 1 unspecified atom stereocenters. The Balaban J connectivity index is 1.48. The number of nitriles is 1. The summed E-state index contributed by atoms with van der Waals surface area (Å²) in [6.45, 7) is -0.202. The minimum absolute atomic E-state index is 0.101. The Kier molecular flexibility index (Phi) is 5.33. The molecule has 1 aromatic heterocycles. The molecule has 0 radical (unpaired) electrons. The average molecular weight is 426 g/mol. The normalized spacial score (nSPS) is 16.0. The molecule has 1 fully saturated rings. The number of alkyl halides is 2. The van der Waals surface area contributed by atoms with Crippen molar-refractivity contribution < 1.29 is 18.0 Å². The van der Waals surface area contributed by atoms with Crippen LogP contribution in [0.3, 0.4) is 0 Å². The van der Waals surface area contributed by atoms with Gasteiger partial charge >= 0.3 is 5.76 Å². The minimum atomic E-state index is -2.79. The van der Waals surface area contributed by atoms with E-state index < -0.39 is 29.5 Å². The Labute approximate surface area is 176 Å². The van der Waals surface area contributed by atoms with Crippen molar-refractivity contribution in [1.29, 1.82) is 5.26 Å². The fourth-order valence-electron chi connectivity index (χ4n) is 3.61. The monoisotopic (exact) mass is 426 g/mol. The third-order valence-electron chi connectivity index (χ3n) is 5.73. The molecule has 0 bridgehead atoms. The third kappa shape index (κ3) is 3.70. The predicted octanol–water partition coefficient (Wildman–Crippen LogP) is 2.20. The summed E-state index contributed by atoms with van der Waals surface area (Å²) < 4.78 is 33.1. The van der Waals surface area contributed by atoms with Crippen LogP contribution in [0.2, 0.25) is 0 Å². The molecule has 2 aromatic carbocycles. The van der Waals surface area contributed by atoms with Gasteiger partial charge in [0.15, 0.2) is 5.58 Å². The van der Waals surface area contributed by atoms with Crippen molar-refractivity contribution in [3.63, 3.8) is 0 Å². The van der Waals surface area contributed by atoms with E-state index in [9.17, 15) is 23.6 Å². The Hall–Kier alpha value is -3.51. The second-order valence-corrected chi connectivity index (χ2v) is 7.73. The molecule has 1 aliphatic rings. The van der Waals surface area contributed by atoms with Crippen molar-refractivity contribution >= 4 is 17.0 Å². The molecule has 0 saturated carbocycles. The quantitative estimate of drug-likeness (QED) is 0.630. The molecule has 4 rings (SSSR count). The number of rotatable bonds is 6. The molecule has 1 amide bonds. The van der Waals surface area contributed by atoms with Crippen LogP contribution in [-0.2, 0) is 18.3 Å². The van der Waals surface area contributed by atoms with Gasteiger partial charge in [0.1, 0.15) is 11.5 Å². The maximum atomic E-state index is 13.3. The first-order valence-electron chi connectivity index (χ1n) is 9.72. The summed E-state index contributed by atoms with van der Waals surface area (Å²) in [6.07, 6.45) is -2.59. The van der Waals surface area contributed by atoms with Gasteiger partial charge < -0.3 is 15.1 Å². The van der Waals surface area contributed by atoms with Crippen LogP contribution in [0.1, 0.15) is 5.56 Å². The molecule has 2 N–H and O–H groups in total. The van der Waals surface area contributed by atoms with Crippen LogP contribution in [0.15, 0.2) is 51.7 Å². The molecule has 9 heteroatoms. The van der Waals surface area contributed by atoms with E-state index in [1.165, 1.54) is 4.57 Å². The molecule has 7 nitrogen and oxygen atoms in total. The van der Waals surface area contributed by atoms with Crippen LogP contribution in [0.4, 0.5) is 8.78 Å². The highest BCUT2D eigenvalue weighted by atomic mass is 19.3. The summed E-state index contributed by atoms with van der Waals surface area (Å²) in [5.74, 6) is -1.23. The van der Waals surface area contributed by atoms with Crippen LogP contribution < -0.4 is 16.4 Å². The number of carbonyl (C=O) groups excluding carboxylic acids is 1. The summed E-state index contributed by atoms with van der Waals surface area (Å²) in [5, 5.41) is 14.5. The number of benzene rings is 2.